The third-order valence-corrected chi connectivity index (χ3v) is 11.8. The fourth-order valence-electron chi connectivity index (χ4n) is 7.37. The van der Waals surface area contributed by atoms with Crippen molar-refractivity contribution >= 4 is 32.8 Å². The minimum absolute atomic E-state index is 0.0683. The number of anilines is 1. The van der Waals surface area contributed by atoms with E-state index in [0.29, 0.717) is 41.1 Å². The molecule has 3 aromatic heterocycles. The molecular formula is C38H42FN7O5S. The number of hydrogen-bond donors (Lipinski definition) is 1. The summed E-state index contributed by atoms with van der Waals surface area (Å²) < 4.78 is 55.7. The zero-order valence-corrected chi connectivity index (χ0v) is 30.3. The van der Waals surface area contributed by atoms with Crippen LogP contribution in [-0.2, 0) is 27.8 Å². The number of methoxy groups -OCH3 is 2. The van der Waals surface area contributed by atoms with Gasteiger partial charge in [0, 0.05) is 43.4 Å². The summed E-state index contributed by atoms with van der Waals surface area (Å²) in [4.78, 5) is 33.3. The molecule has 2 aromatic carbocycles. The number of halogens is 1. The number of hydrogen-bond acceptors (Lipinski definition) is 10. The molecule has 2 atom stereocenters. The van der Waals surface area contributed by atoms with Crippen LogP contribution in [0.4, 0.5) is 10.2 Å². The Morgan fingerprint density at radius 2 is 1.79 bits per heavy atom. The second-order valence-corrected chi connectivity index (χ2v) is 15.4. The van der Waals surface area contributed by atoms with E-state index < -0.39 is 15.8 Å². The average Bonchev–Trinajstić information content (AvgIpc) is 3.85. The molecule has 1 N–H and O–H groups in total. The van der Waals surface area contributed by atoms with Gasteiger partial charge in [0.15, 0.2) is 17.3 Å². The van der Waals surface area contributed by atoms with Crippen LogP contribution in [0.2, 0.25) is 0 Å². The van der Waals surface area contributed by atoms with Crippen molar-refractivity contribution in [2.24, 2.45) is 11.8 Å². The van der Waals surface area contributed by atoms with Gasteiger partial charge in [0.2, 0.25) is 5.91 Å². The Kier molecular flexibility index (Phi) is 10.1. The Balaban J connectivity index is 1.27. The number of amides is 1. The number of nitrogens with one attached hydrogen (secondary N) is 1. The van der Waals surface area contributed by atoms with Gasteiger partial charge in [-0.3, -0.25) is 4.79 Å². The van der Waals surface area contributed by atoms with Crippen LogP contribution >= 0.6 is 0 Å². The molecule has 0 radical (unpaired) electrons. The third kappa shape index (κ3) is 7.03. The Labute approximate surface area is 302 Å². The van der Waals surface area contributed by atoms with Gasteiger partial charge in [0.05, 0.1) is 42.0 Å². The standard InChI is InChI=1S/C38H42FN7O5S/c1-24-9-13-29(14-10-24)52(48,49)46-22-30(34-36(42-23-43-37(34)46)40-20-27-11-12-28(50-2)19-33(27)51-3)35-41-21-31(39)32(44-35)18-25-7-6-8-26(17-25)38(47)45-15-4-5-16-45/h9-14,19,21-23,25-26H,4-8,15-18,20H2,1-3H3,(H,40,42,43)/t25-,26+/m1/s1. The molecule has 12 nitrogen and oxygen atoms in total. The first-order valence-corrected chi connectivity index (χ1v) is 19.0. The SMILES string of the molecule is COc1ccc(CNc2ncnc3c2c(-c2ncc(F)c(C[C@@H]4CCC[C@H](C(=O)N5CCCC5)C4)n2)cn3S(=O)(=O)c2ccc(C)cc2)c(OC)c1. The minimum atomic E-state index is -4.14. The maximum absolute atomic E-state index is 15.5. The van der Waals surface area contributed by atoms with Crippen LogP contribution in [0.5, 0.6) is 11.5 Å². The summed E-state index contributed by atoms with van der Waals surface area (Å²) in [7, 11) is -0.992. The highest BCUT2D eigenvalue weighted by Gasteiger charge is 2.33. The Bertz CT molecular complexity index is 2200. The van der Waals surface area contributed by atoms with Crippen molar-refractivity contribution in [3.8, 4) is 22.9 Å². The normalized spacial score (nSPS) is 17.7. The van der Waals surface area contributed by atoms with Crippen molar-refractivity contribution in [2.45, 2.75) is 63.3 Å². The van der Waals surface area contributed by atoms with Gasteiger partial charge < -0.3 is 19.7 Å². The molecule has 1 saturated carbocycles. The number of nitrogens with zero attached hydrogens (tertiary/aromatic N) is 6. The minimum Gasteiger partial charge on any atom is -0.497 e. The molecular weight excluding hydrogens is 686 g/mol. The molecule has 1 saturated heterocycles. The van der Waals surface area contributed by atoms with Gasteiger partial charge in [0.25, 0.3) is 10.0 Å². The van der Waals surface area contributed by atoms with E-state index in [1.807, 2.05) is 24.0 Å². The molecule has 5 aromatic rings. The quantitative estimate of drug-likeness (QED) is 0.168. The van der Waals surface area contributed by atoms with Crippen molar-refractivity contribution in [3.63, 3.8) is 0 Å². The van der Waals surface area contributed by atoms with Crippen molar-refractivity contribution in [1.29, 1.82) is 0 Å². The molecule has 272 valence electrons. The number of carbonyl (C=O) groups is 1. The predicted molar refractivity (Wildman–Crippen MR) is 194 cm³/mol. The van der Waals surface area contributed by atoms with Crippen LogP contribution in [0.3, 0.4) is 0 Å². The molecule has 4 heterocycles. The van der Waals surface area contributed by atoms with Crippen LogP contribution in [-0.4, -0.2) is 70.4 Å². The Morgan fingerprint density at radius 3 is 2.54 bits per heavy atom. The van der Waals surface area contributed by atoms with E-state index in [4.69, 9.17) is 14.5 Å². The molecule has 0 unspecified atom stereocenters. The highest BCUT2D eigenvalue weighted by Crippen LogP contribution is 2.37. The molecule has 1 amide bonds. The van der Waals surface area contributed by atoms with Gasteiger partial charge in [-0.05, 0) is 69.2 Å². The van der Waals surface area contributed by atoms with Crippen molar-refractivity contribution < 1.29 is 27.1 Å². The molecule has 1 aliphatic carbocycles. The number of carbonyl (C=O) groups excluding carboxylic acids is 1. The first kappa shape index (κ1) is 35.3. The number of fused-ring (bicyclic) bond motifs is 1. The summed E-state index contributed by atoms with van der Waals surface area (Å²) in [5, 5.41) is 3.68. The molecule has 52 heavy (non-hydrogen) atoms. The lowest BCUT2D eigenvalue weighted by atomic mass is 9.78. The Morgan fingerprint density at radius 1 is 1.00 bits per heavy atom. The first-order valence-electron chi connectivity index (χ1n) is 17.6. The van der Waals surface area contributed by atoms with Gasteiger partial charge in [-0.15, -0.1) is 0 Å². The van der Waals surface area contributed by atoms with E-state index in [-0.39, 0.29) is 46.3 Å². The van der Waals surface area contributed by atoms with Gasteiger partial charge in [-0.1, -0.05) is 30.5 Å². The average molecular weight is 728 g/mol. The van der Waals surface area contributed by atoms with E-state index in [9.17, 15) is 13.2 Å². The van der Waals surface area contributed by atoms with E-state index in [1.54, 1.807) is 44.6 Å². The lowest BCUT2D eigenvalue weighted by molar-refractivity contribution is -0.136. The van der Waals surface area contributed by atoms with Crippen LogP contribution < -0.4 is 14.8 Å². The number of rotatable bonds is 11. The zero-order chi connectivity index (χ0) is 36.4. The van der Waals surface area contributed by atoms with E-state index in [2.05, 4.69) is 20.3 Å². The molecule has 0 spiro atoms. The Hall–Kier alpha value is -5.11. The third-order valence-electron chi connectivity index (χ3n) is 10.2. The number of ether oxygens (including phenoxy) is 2. The second kappa shape index (κ2) is 14.9. The summed E-state index contributed by atoms with van der Waals surface area (Å²) in [6, 6.07) is 12.0. The number of likely N-dealkylation sites (tertiary alicyclic amines) is 1. The topological polar surface area (TPSA) is 141 Å². The second-order valence-electron chi connectivity index (χ2n) is 13.6. The highest BCUT2D eigenvalue weighted by molar-refractivity contribution is 7.90. The van der Waals surface area contributed by atoms with Crippen molar-refractivity contribution in [2.75, 3.05) is 32.6 Å². The maximum Gasteiger partial charge on any atom is 0.269 e. The van der Waals surface area contributed by atoms with Gasteiger partial charge in [0.1, 0.15) is 23.6 Å². The predicted octanol–water partition coefficient (Wildman–Crippen LogP) is 6.17. The van der Waals surface area contributed by atoms with Crippen LogP contribution in [0, 0.1) is 24.6 Å². The van der Waals surface area contributed by atoms with E-state index >= 15 is 4.39 Å². The number of aromatic nitrogens is 5. The molecule has 7 rings (SSSR count). The largest absolute Gasteiger partial charge is 0.497 e. The van der Waals surface area contributed by atoms with Crippen LogP contribution in [0.15, 0.2) is 66.1 Å². The number of benzene rings is 2. The van der Waals surface area contributed by atoms with E-state index in [0.717, 1.165) is 66.5 Å². The lowest BCUT2D eigenvalue weighted by Gasteiger charge is -2.31. The fourth-order valence-corrected chi connectivity index (χ4v) is 8.68. The van der Waals surface area contributed by atoms with E-state index in [1.165, 1.54) is 12.5 Å². The summed E-state index contributed by atoms with van der Waals surface area (Å²) in [5.41, 5.74) is 2.37. The smallest absolute Gasteiger partial charge is 0.269 e. The fraction of sp³-hybridized carbons (Fsp3) is 0.395. The molecule has 2 fully saturated rings. The van der Waals surface area contributed by atoms with Gasteiger partial charge >= 0.3 is 0 Å². The molecule has 0 bridgehead atoms. The number of aryl methyl sites for hydroxylation is 1. The van der Waals surface area contributed by atoms with Gasteiger partial charge in [-0.2, -0.15) is 0 Å². The lowest BCUT2D eigenvalue weighted by Crippen LogP contribution is -2.36. The molecule has 1 aliphatic heterocycles. The monoisotopic (exact) mass is 727 g/mol. The van der Waals surface area contributed by atoms with Gasteiger partial charge in [-0.25, -0.2) is 36.7 Å². The molecule has 2 aliphatic rings. The molecule has 14 heteroatoms. The van der Waals surface area contributed by atoms with Crippen LogP contribution in [0.25, 0.3) is 22.4 Å². The highest BCUT2D eigenvalue weighted by atomic mass is 32.2. The van der Waals surface area contributed by atoms with Crippen molar-refractivity contribution in [1.82, 2.24) is 28.8 Å². The van der Waals surface area contributed by atoms with Crippen molar-refractivity contribution in [3.05, 3.63) is 83.8 Å². The summed E-state index contributed by atoms with van der Waals surface area (Å²) in [6.07, 6.45) is 9.55. The van der Waals surface area contributed by atoms with Crippen LogP contribution in [0.1, 0.15) is 55.3 Å². The zero-order valence-electron chi connectivity index (χ0n) is 29.5. The summed E-state index contributed by atoms with van der Waals surface area (Å²) in [5.74, 6) is 1.37. The summed E-state index contributed by atoms with van der Waals surface area (Å²) >= 11 is 0. The summed E-state index contributed by atoms with van der Waals surface area (Å²) in [6.45, 7) is 3.77. The first-order chi connectivity index (χ1) is 25.2. The maximum atomic E-state index is 15.5.